The van der Waals surface area contributed by atoms with Crippen molar-refractivity contribution in [2.45, 2.75) is 71.7 Å². The van der Waals surface area contributed by atoms with Gasteiger partial charge in [-0.2, -0.15) is 0 Å². The van der Waals surface area contributed by atoms with E-state index in [-0.39, 0.29) is 34.1 Å². The molecule has 2 aromatic rings. The number of ether oxygens (including phenoxy) is 8. The number of phenols is 1. The van der Waals surface area contributed by atoms with E-state index in [1.165, 1.54) is 19.2 Å². The van der Waals surface area contributed by atoms with Crippen LogP contribution < -0.4 is 19.5 Å². The van der Waals surface area contributed by atoms with Crippen molar-refractivity contribution in [3.05, 3.63) is 41.5 Å². The smallest absolute Gasteiger partial charge is 0.308 e. The van der Waals surface area contributed by atoms with Crippen molar-refractivity contribution in [2.24, 2.45) is 0 Å². The largest absolute Gasteiger partial charge is 0.508 e. The number of aliphatic carboxylic acids is 1. The highest BCUT2D eigenvalue weighted by Crippen LogP contribution is 2.36. The summed E-state index contributed by atoms with van der Waals surface area (Å²) in [6, 6.07) is 5.71. The lowest BCUT2D eigenvalue weighted by atomic mass is 9.98. The van der Waals surface area contributed by atoms with E-state index in [2.05, 4.69) is 5.32 Å². The lowest BCUT2D eigenvalue weighted by Crippen LogP contribution is -2.63. The van der Waals surface area contributed by atoms with Gasteiger partial charge in [0, 0.05) is 46.4 Å². The van der Waals surface area contributed by atoms with Gasteiger partial charge < -0.3 is 53.4 Å². The standard InChI is InChI=1S/C32H35NO17/c1-14(34)44-13-26-28(46-16(3)36)29(47-17(4)37)30(48-18(5)38)32(50-26)49-23-8-7-20(39)11-21(23)31(42)33-22-12-24(43-6)25(45-15(2)35)9-19(22)10-27(40)41/h7-9,11-12,26,28-30,32,39H,10,13H2,1-6H3,(H,33,42)(H,40,41)/t26-,28-,29+,30-,32-/m1/s1. The quantitative estimate of drug-likeness (QED) is 0.152. The number of carbonyl (C=O) groups is 7. The number of anilines is 1. The fraction of sp³-hybridized carbons (Fsp3) is 0.406. The molecule has 0 aromatic heterocycles. The lowest BCUT2D eigenvalue weighted by Gasteiger charge is -2.44. The maximum Gasteiger partial charge on any atom is 0.308 e. The average Bonchev–Trinajstić information content (AvgIpc) is 2.99. The number of carboxylic acid groups (broad SMARTS) is 1. The van der Waals surface area contributed by atoms with Crippen molar-refractivity contribution in [1.29, 1.82) is 0 Å². The van der Waals surface area contributed by atoms with Gasteiger partial charge in [0.1, 0.15) is 24.2 Å². The first-order valence-corrected chi connectivity index (χ1v) is 14.7. The van der Waals surface area contributed by atoms with Gasteiger partial charge in [0.15, 0.2) is 23.7 Å². The third-order valence-electron chi connectivity index (χ3n) is 6.63. The van der Waals surface area contributed by atoms with E-state index in [0.29, 0.717) is 0 Å². The molecule has 18 nitrogen and oxygen atoms in total. The van der Waals surface area contributed by atoms with E-state index < -0.39 is 91.2 Å². The zero-order chi connectivity index (χ0) is 37.3. The number of phenolic OH excluding ortho intramolecular Hbond substituents is 1. The van der Waals surface area contributed by atoms with E-state index in [1.54, 1.807) is 0 Å². The minimum atomic E-state index is -1.72. The fourth-order valence-corrected chi connectivity index (χ4v) is 4.82. The zero-order valence-corrected chi connectivity index (χ0v) is 27.7. The highest BCUT2D eigenvalue weighted by molar-refractivity contribution is 6.07. The van der Waals surface area contributed by atoms with Crippen LogP contribution >= 0.6 is 0 Å². The molecule has 270 valence electrons. The van der Waals surface area contributed by atoms with E-state index in [1.807, 2.05) is 0 Å². The van der Waals surface area contributed by atoms with Crippen molar-refractivity contribution in [2.75, 3.05) is 19.0 Å². The van der Waals surface area contributed by atoms with Gasteiger partial charge in [-0.15, -0.1) is 0 Å². The van der Waals surface area contributed by atoms with Crippen LogP contribution in [-0.4, -0.2) is 96.4 Å². The molecule has 0 spiro atoms. The topological polar surface area (TPSA) is 246 Å². The number of methoxy groups -OCH3 is 1. The number of benzene rings is 2. The monoisotopic (exact) mass is 705 g/mol. The lowest BCUT2D eigenvalue weighted by molar-refractivity contribution is -0.288. The van der Waals surface area contributed by atoms with E-state index in [4.69, 9.17) is 37.9 Å². The van der Waals surface area contributed by atoms with Crippen LogP contribution in [0.1, 0.15) is 50.5 Å². The molecular weight excluding hydrogens is 670 g/mol. The second-order valence-electron chi connectivity index (χ2n) is 10.6. The molecule has 0 saturated carbocycles. The number of amides is 1. The Bertz CT molecular complexity index is 1650. The molecular formula is C32H35NO17. The normalized spacial score (nSPS) is 19.6. The maximum absolute atomic E-state index is 13.7. The molecule has 1 aliphatic rings. The van der Waals surface area contributed by atoms with E-state index >= 15 is 0 Å². The van der Waals surface area contributed by atoms with E-state index in [0.717, 1.165) is 52.8 Å². The molecule has 18 heteroatoms. The number of hydrogen-bond acceptors (Lipinski definition) is 16. The van der Waals surface area contributed by atoms with Crippen LogP contribution in [0.25, 0.3) is 0 Å². The van der Waals surface area contributed by atoms with Gasteiger partial charge in [-0.3, -0.25) is 33.6 Å². The third-order valence-corrected chi connectivity index (χ3v) is 6.63. The van der Waals surface area contributed by atoms with Gasteiger partial charge >= 0.3 is 35.8 Å². The molecule has 50 heavy (non-hydrogen) atoms. The SMILES string of the molecule is COc1cc(NC(=O)c2cc(O)ccc2O[C@@H]2O[C@H](COC(C)=O)[C@@H](OC(C)=O)[C@H](OC(C)=O)[C@H]2OC(C)=O)c(CC(=O)O)cc1OC(C)=O. The summed E-state index contributed by atoms with van der Waals surface area (Å²) in [5.41, 5.74) is -0.431. The number of carbonyl (C=O) groups excluding carboxylic acids is 6. The molecule has 2 aromatic carbocycles. The van der Waals surface area contributed by atoms with Gasteiger partial charge in [0.2, 0.25) is 12.4 Å². The van der Waals surface area contributed by atoms with Crippen molar-refractivity contribution in [1.82, 2.24) is 0 Å². The predicted molar refractivity (Wildman–Crippen MR) is 164 cm³/mol. The first kappa shape index (κ1) is 38.5. The first-order chi connectivity index (χ1) is 23.5. The zero-order valence-electron chi connectivity index (χ0n) is 27.7. The molecule has 0 radical (unpaired) electrons. The minimum absolute atomic E-state index is 0.00473. The molecule has 3 N–H and O–H groups in total. The molecule has 0 unspecified atom stereocenters. The molecule has 1 saturated heterocycles. The molecule has 1 amide bonds. The van der Waals surface area contributed by atoms with Gasteiger partial charge in [-0.25, -0.2) is 0 Å². The number of hydrogen-bond donors (Lipinski definition) is 3. The molecule has 0 bridgehead atoms. The van der Waals surface area contributed by atoms with Crippen LogP contribution in [0.15, 0.2) is 30.3 Å². The van der Waals surface area contributed by atoms with Gasteiger partial charge in [0.25, 0.3) is 5.91 Å². The molecule has 5 atom stereocenters. The van der Waals surface area contributed by atoms with Crippen molar-refractivity contribution in [3.8, 4) is 23.0 Å². The minimum Gasteiger partial charge on any atom is -0.508 e. The van der Waals surface area contributed by atoms with Crippen LogP contribution in [0.5, 0.6) is 23.0 Å². The maximum atomic E-state index is 13.7. The number of carboxylic acids is 1. The van der Waals surface area contributed by atoms with Crippen LogP contribution in [0.2, 0.25) is 0 Å². The number of aromatic hydroxyl groups is 1. The number of esters is 5. The summed E-state index contributed by atoms with van der Waals surface area (Å²) in [7, 11) is 1.25. The van der Waals surface area contributed by atoms with Gasteiger partial charge in [-0.1, -0.05) is 0 Å². The Morgan fingerprint density at radius 1 is 0.760 bits per heavy atom. The second-order valence-corrected chi connectivity index (χ2v) is 10.6. The Kier molecular flexibility index (Phi) is 13.1. The van der Waals surface area contributed by atoms with Crippen molar-refractivity contribution >= 4 is 47.4 Å². The summed E-state index contributed by atoms with van der Waals surface area (Å²) in [5.74, 6) is -7.18. The van der Waals surface area contributed by atoms with Gasteiger partial charge in [-0.05, 0) is 29.8 Å². The summed E-state index contributed by atoms with van der Waals surface area (Å²) < 4.78 is 43.5. The second kappa shape index (κ2) is 17.0. The summed E-state index contributed by atoms with van der Waals surface area (Å²) in [4.78, 5) is 85.0. The Morgan fingerprint density at radius 3 is 1.94 bits per heavy atom. The summed E-state index contributed by atoms with van der Waals surface area (Å²) in [6.07, 6.45) is -8.39. The van der Waals surface area contributed by atoms with Crippen LogP contribution in [0, 0.1) is 0 Å². The van der Waals surface area contributed by atoms with Crippen molar-refractivity contribution < 1.29 is 81.7 Å². The summed E-state index contributed by atoms with van der Waals surface area (Å²) >= 11 is 0. The highest BCUT2D eigenvalue weighted by Gasteiger charge is 2.53. The summed E-state index contributed by atoms with van der Waals surface area (Å²) in [6.45, 7) is 4.81. The number of rotatable bonds is 13. The van der Waals surface area contributed by atoms with Crippen LogP contribution in [0.3, 0.4) is 0 Å². The van der Waals surface area contributed by atoms with E-state index in [9.17, 15) is 43.8 Å². The molecule has 1 heterocycles. The Morgan fingerprint density at radius 2 is 1.38 bits per heavy atom. The molecule has 3 rings (SSSR count). The predicted octanol–water partition coefficient (Wildman–Crippen LogP) is 1.67. The third kappa shape index (κ3) is 10.5. The Labute approximate surface area is 284 Å². The molecule has 1 fully saturated rings. The summed E-state index contributed by atoms with van der Waals surface area (Å²) in [5, 5.41) is 22.3. The van der Waals surface area contributed by atoms with Crippen molar-refractivity contribution in [3.63, 3.8) is 0 Å². The first-order valence-electron chi connectivity index (χ1n) is 14.7. The molecule has 1 aliphatic heterocycles. The highest BCUT2D eigenvalue weighted by atomic mass is 16.7. The Hall–Kier alpha value is -5.91. The van der Waals surface area contributed by atoms with Gasteiger partial charge in [0.05, 0.1) is 19.1 Å². The molecule has 0 aliphatic carbocycles. The Balaban J connectivity index is 2.09. The van der Waals surface area contributed by atoms with Crippen LogP contribution in [-0.2, 0) is 58.9 Å². The van der Waals surface area contributed by atoms with Crippen LogP contribution in [0.4, 0.5) is 5.69 Å². The number of nitrogens with one attached hydrogen (secondary N) is 1. The average molecular weight is 706 g/mol. The fourth-order valence-electron chi connectivity index (χ4n) is 4.82.